The van der Waals surface area contributed by atoms with Crippen LogP contribution in [0.3, 0.4) is 0 Å². The number of amides is 1. The van der Waals surface area contributed by atoms with Gasteiger partial charge in [0, 0.05) is 19.7 Å². The molecule has 2 aliphatic heterocycles. The van der Waals surface area contributed by atoms with Gasteiger partial charge in [-0.05, 0) is 37.9 Å². The highest BCUT2D eigenvalue weighted by Gasteiger charge is 2.27. The molecule has 0 bridgehead atoms. The Morgan fingerprint density at radius 1 is 1.25 bits per heavy atom. The lowest BCUT2D eigenvalue weighted by atomic mass is 10.1. The average Bonchev–Trinajstić information content (AvgIpc) is 2.61. The van der Waals surface area contributed by atoms with Crippen molar-refractivity contribution >= 4 is 18.3 Å². The lowest BCUT2D eigenvalue weighted by Gasteiger charge is -2.32. The summed E-state index contributed by atoms with van der Waals surface area (Å²) in [6, 6.07) is 5.48. The molecule has 1 amide bonds. The number of likely N-dealkylation sites (tertiary alicyclic amines) is 1. The SMILES string of the molecule is Cl.NCCCOC1CCN(C(=O)c2cccc3c2OCCO3)CC1. The molecule has 0 radical (unpaired) electrons. The highest BCUT2D eigenvalue weighted by atomic mass is 35.5. The van der Waals surface area contributed by atoms with Crippen molar-refractivity contribution in [2.45, 2.75) is 25.4 Å². The number of piperidine rings is 1. The van der Waals surface area contributed by atoms with Gasteiger partial charge in [-0.3, -0.25) is 4.79 Å². The highest BCUT2D eigenvalue weighted by Crippen LogP contribution is 2.34. The van der Waals surface area contributed by atoms with E-state index in [-0.39, 0.29) is 24.4 Å². The number of nitrogens with two attached hydrogens (primary N) is 1. The molecule has 0 aliphatic carbocycles. The minimum absolute atomic E-state index is 0. The molecule has 2 N–H and O–H groups in total. The summed E-state index contributed by atoms with van der Waals surface area (Å²) in [4.78, 5) is 14.6. The molecule has 6 nitrogen and oxygen atoms in total. The lowest BCUT2D eigenvalue weighted by molar-refractivity contribution is 0.00829. The molecule has 24 heavy (non-hydrogen) atoms. The van der Waals surface area contributed by atoms with Crippen LogP contribution in [0, 0.1) is 0 Å². The van der Waals surface area contributed by atoms with Gasteiger partial charge in [-0.2, -0.15) is 0 Å². The zero-order valence-corrected chi connectivity index (χ0v) is 14.6. The summed E-state index contributed by atoms with van der Waals surface area (Å²) in [7, 11) is 0. The maximum Gasteiger partial charge on any atom is 0.257 e. The molecule has 0 unspecified atom stereocenters. The van der Waals surface area contributed by atoms with E-state index < -0.39 is 0 Å². The fraction of sp³-hybridized carbons (Fsp3) is 0.588. The molecule has 1 saturated heterocycles. The van der Waals surface area contributed by atoms with Crippen LogP contribution in [0.4, 0.5) is 0 Å². The summed E-state index contributed by atoms with van der Waals surface area (Å²) in [5.74, 6) is 1.24. The van der Waals surface area contributed by atoms with Crippen LogP contribution in [0.2, 0.25) is 0 Å². The van der Waals surface area contributed by atoms with Crippen molar-refractivity contribution in [2.24, 2.45) is 5.73 Å². The van der Waals surface area contributed by atoms with E-state index in [1.165, 1.54) is 0 Å². The third-order valence-electron chi connectivity index (χ3n) is 4.23. The number of halogens is 1. The largest absolute Gasteiger partial charge is 0.486 e. The number of fused-ring (bicyclic) bond motifs is 1. The van der Waals surface area contributed by atoms with Crippen LogP contribution in [0.5, 0.6) is 11.5 Å². The number of benzene rings is 1. The average molecular weight is 357 g/mol. The van der Waals surface area contributed by atoms with E-state index in [0.29, 0.717) is 56.5 Å². The van der Waals surface area contributed by atoms with Crippen molar-refractivity contribution in [3.63, 3.8) is 0 Å². The highest BCUT2D eigenvalue weighted by molar-refractivity contribution is 5.98. The van der Waals surface area contributed by atoms with Gasteiger partial charge in [-0.1, -0.05) is 6.07 Å². The van der Waals surface area contributed by atoms with E-state index in [1.54, 1.807) is 6.07 Å². The van der Waals surface area contributed by atoms with Gasteiger partial charge in [-0.15, -0.1) is 12.4 Å². The third-order valence-corrected chi connectivity index (χ3v) is 4.23. The topological polar surface area (TPSA) is 74.0 Å². The van der Waals surface area contributed by atoms with E-state index >= 15 is 0 Å². The second-order valence-corrected chi connectivity index (χ2v) is 5.83. The van der Waals surface area contributed by atoms with E-state index in [1.807, 2.05) is 17.0 Å². The first kappa shape index (κ1) is 18.8. The smallest absolute Gasteiger partial charge is 0.257 e. The van der Waals surface area contributed by atoms with E-state index in [0.717, 1.165) is 19.3 Å². The van der Waals surface area contributed by atoms with E-state index in [2.05, 4.69) is 0 Å². The lowest BCUT2D eigenvalue weighted by Crippen LogP contribution is -2.41. The predicted molar refractivity (Wildman–Crippen MR) is 93.2 cm³/mol. The monoisotopic (exact) mass is 356 g/mol. The van der Waals surface area contributed by atoms with Crippen molar-refractivity contribution in [2.75, 3.05) is 39.5 Å². The Morgan fingerprint density at radius 3 is 2.75 bits per heavy atom. The minimum Gasteiger partial charge on any atom is -0.486 e. The molecule has 1 fully saturated rings. The summed E-state index contributed by atoms with van der Waals surface area (Å²) >= 11 is 0. The van der Waals surface area contributed by atoms with Crippen LogP contribution in [0.15, 0.2) is 18.2 Å². The molecule has 134 valence electrons. The van der Waals surface area contributed by atoms with Crippen LogP contribution >= 0.6 is 12.4 Å². The summed E-state index contributed by atoms with van der Waals surface area (Å²) in [5, 5.41) is 0. The number of ether oxygens (including phenoxy) is 3. The zero-order chi connectivity index (χ0) is 16.1. The van der Waals surface area contributed by atoms with Crippen LogP contribution in [-0.2, 0) is 4.74 Å². The summed E-state index contributed by atoms with van der Waals surface area (Å²) < 4.78 is 17.0. The molecule has 3 rings (SSSR count). The van der Waals surface area contributed by atoms with Crippen LogP contribution in [-0.4, -0.2) is 56.4 Å². The fourth-order valence-electron chi connectivity index (χ4n) is 2.97. The number of carbonyl (C=O) groups excluding carboxylic acids is 1. The predicted octanol–water partition coefficient (Wildman–Crippen LogP) is 1.85. The second kappa shape index (κ2) is 9.11. The van der Waals surface area contributed by atoms with Gasteiger partial charge >= 0.3 is 0 Å². The molecule has 1 aromatic carbocycles. The van der Waals surface area contributed by atoms with Crippen molar-refractivity contribution < 1.29 is 19.0 Å². The van der Waals surface area contributed by atoms with E-state index in [9.17, 15) is 4.79 Å². The van der Waals surface area contributed by atoms with Crippen LogP contribution in [0.1, 0.15) is 29.6 Å². The number of rotatable bonds is 5. The third kappa shape index (κ3) is 4.32. The Morgan fingerprint density at radius 2 is 2.00 bits per heavy atom. The fourth-order valence-corrected chi connectivity index (χ4v) is 2.97. The number of carbonyl (C=O) groups is 1. The standard InChI is InChI=1S/C17H24N2O4.ClH/c18-7-2-10-21-13-5-8-19(9-6-13)17(20)14-3-1-4-15-16(14)23-12-11-22-15;/h1,3-4,13H,2,5-12,18H2;1H. The molecule has 1 aromatic rings. The molecule has 7 heteroatoms. The van der Waals surface area contributed by atoms with Crippen molar-refractivity contribution in [3.8, 4) is 11.5 Å². The molecule has 2 aliphatic rings. The van der Waals surface area contributed by atoms with Crippen LogP contribution < -0.4 is 15.2 Å². The summed E-state index contributed by atoms with van der Waals surface area (Å²) in [6.07, 6.45) is 2.84. The maximum atomic E-state index is 12.8. The first-order valence-electron chi connectivity index (χ1n) is 8.29. The van der Waals surface area contributed by atoms with Gasteiger partial charge in [0.2, 0.25) is 0 Å². The normalized spacial score (nSPS) is 17.3. The Hall–Kier alpha value is -1.50. The molecule has 0 atom stereocenters. The van der Waals surface area contributed by atoms with Crippen molar-refractivity contribution in [3.05, 3.63) is 23.8 Å². The number of nitrogens with zero attached hydrogens (tertiary/aromatic N) is 1. The Kier molecular flexibility index (Phi) is 7.15. The first-order chi connectivity index (χ1) is 11.3. The van der Waals surface area contributed by atoms with Crippen molar-refractivity contribution in [1.82, 2.24) is 4.90 Å². The van der Waals surface area contributed by atoms with Crippen LogP contribution in [0.25, 0.3) is 0 Å². The van der Waals surface area contributed by atoms with Gasteiger partial charge in [0.05, 0.1) is 11.7 Å². The minimum atomic E-state index is 0. The number of hydrogen-bond acceptors (Lipinski definition) is 5. The summed E-state index contributed by atoms with van der Waals surface area (Å²) in [5.41, 5.74) is 6.06. The quantitative estimate of drug-likeness (QED) is 0.815. The molecular weight excluding hydrogens is 332 g/mol. The van der Waals surface area contributed by atoms with E-state index in [4.69, 9.17) is 19.9 Å². The Labute approximate surface area is 148 Å². The maximum absolute atomic E-state index is 12.8. The molecule has 2 heterocycles. The first-order valence-corrected chi connectivity index (χ1v) is 8.29. The van der Waals surface area contributed by atoms with Gasteiger partial charge in [0.15, 0.2) is 11.5 Å². The Balaban J connectivity index is 0.00000208. The zero-order valence-electron chi connectivity index (χ0n) is 13.7. The van der Waals surface area contributed by atoms with Gasteiger partial charge in [-0.25, -0.2) is 0 Å². The molecule has 0 spiro atoms. The van der Waals surface area contributed by atoms with Gasteiger partial charge < -0.3 is 24.8 Å². The van der Waals surface area contributed by atoms with Gasteiger partial charge in [0.1, 0.15) is 13.2 Å². The number of hydrogen-bond donors (Lipinski definition) is 1. The molecule has 0 aromatic heterocycles. The van der Waals surface area contributed by atoms with Gasteiger partial charge in [0.25, 0.3) is 5.91 Å². The Bertz CT molecular complexity index is 547. The van der Waals surface area contributed by atoms with Crippen molar-refractivity contribution in [1.29, 1.82) is 0 Å². The molecular formula is C17H25ClN2O4. The second-order valence-electron chi connectivity index (χ2n) is 5.83. The molecule has 0 saturated carbocycles. The summed E-state index contributed by atoms with van der Waals surface area (Å²) in [6.45, 7) is 3.77. The number of para-hydroxylation sites is 1.